The maximum absolute atomic E-state index is 13.1. The van der Waals surface area contributed by atoms with Crippen LogP contribution >= 0.6 is 0 Å². The number of ether oxygens (including phenoxy) is 3. The highest BCUT2D eigenvalue weighted by atomic mass is 32.2. The molecule has 0 radical (unpaired) electrons. The number of carbonyl (C=O) groups is 1. The summed E-state index contributed by atoms with van der Waals surface area (Å²) in [6.45, 7) is 2.20. The lowest BCUT2D eigenvalue weighted by molar-refractivity contribution is -0.141. The molecule has 3 aliphatic rings. The fourth-order valence-corrected chi connectivity index (χ4v) is 5.53. The normalized spacial score (nSPS) is 17.1. The number of carbonyl (C=O) groups excluding carboxylic acids is 1. The summed E-state index contributed by atoms with van der Waals surface area (Å²) >= 11 is 0. The summed E-state index contributed by atoms with van der Waals surface area (Å²) in [5.74, 6) is 1.05. The summed E-state index contributed by atoms with van der Waals surface area (Å²) in [7, 11) is -3.96. The van der Waals surface area contributed by atoms with Crippen molar-refractivity contribution in [2.45, 2.75) is 24.1 Å². The van der Waals surface area contributed by atoms with Gasteiger partial charge in [-0.2, -0.15) is 17.6 Å². The number of amides is 1. The van der Waals surface area contributed by atoms with Gasteiger partial charge < -0.3 is 29.5 Å². The molecule has 12 heteroatoms. The molecule has 1 aromatic heterocycles. The molecule has 182 valence electrons. The van der Waals surface area contributed by atoms with E-state index >= 15 is 0 Å². The third-order valence-corrected chi connectivity index (χ3v) is 7.69. The van der Waals surface area contributed by atoms with Crippen LogP contribution < -0.4 is 19.5 Å². The smallest absolute Gasteiger partial charge is 0.283 e. The fourth-order valence-electron chi connectivity index (χ4n) is 4.34. The van der Waals surface area contributed by atoms with Crippen LogP contribution in [0.5, 0.6) is 17.2 Å². The molecule has 0 saturated carbocycles. The van der Waals surface area contributed by atoms with Crippen molar-refractivity contribution in [1.29, 1.82) is 0 Å². The molecular formula is C23H22N4O7S. The molecule has 2 aromatic carbocycles. The van der Waals surface area contributed by atoms with Gasteiger partial charge in [0.1, 0.15) is 25.6 Å². The largest absolute Gasteiger partial charge is 0.490 e. The standard InChI is InChI=1S/C23H22N4O7S/c28-22(14-1-3-19-17(9-14)24-5-6-32-19)23(29)26-11-15-12-27(25-18(15)13-26)35(30,31)16-2-4-20-21(10-16)34-8-7-33-20/h1-4,9-10,12,22,24,28H,5-8,11,13H2. The van der Waals surface area contributed by atoms with Gasteiger partial charge in [-0.15, -0.1) is 0 Å². The molecule has 0 bridgehead atoms. The number of aromatic nitrogens is 2. The zero-order chi connectivity index (χ0) is 24.2. The Morgan fingerprint density at radius 1 is 1.00 bits per heavy atom. The van der Waals surface area contributed by atoms with Crippen molar-refractivity contribution in [3.63, 3.8) is 0 Å². The van der Waals surface area contributed by atoms with E-state index in [9.17, 15) is 18.3 Å². The van der Waals surface area contributed by atoms with E-state index in [-0.39, 0.29) is 18.0 Å². The molecular weight excluding hydrogens is 476 g/mol. The van der Waals surface area contributed by atoms with Crippen LogP contribution in [-0.2, 0) is 27.9 Å². The highest BCUT2D eigenvalue weighted by Crippen LogP contribution is 2.34. The monoisotopic (exact) mass is 498 g/mol. The summed E-state index contributed by atoms with van der Waals surface area (Å²) in [4.78, 5) is 14.4. The highest BCUT2D eigenvalue weighted by Gasteiger charge is 2.33. The summed E-state index contributed by atoms with van der Waals surface area (Å²) in [6, 6.07) is 9.50. The molecule has 0 saturated heterocycles. The van der Waals surface area contributed by atoms with E-state index in [0.29, 0.717) is 60.4 Å². The van der Waals surface area contributed by atoms with E-state index in [4.69, 9.17) is 14.2 Å². The summed E-state index contributed by atoms with van der Waals surface area (Å²) in [6.07, 6.45) is 0.0444. The minimum atomic E-state index is -3.96. The van der Waals surface area contributed by atoms with Gasteiger partial charge in [-0.3, -0.25) is 4.79 Å². The third kappa shape index (κ3) is 3.74. The van der Waals surface area contributed by atoms with Crippen LogP contribution in [0.25, 0.3) is 0 Å². The minimum Gasteiger partial charge on any atom is -0.490 e. The van der Waals surface area contributed by atoms with Gasteiger partial charge in [-0.05, 0) is 29.8 Å². The average molecular weight is 499 g/mol. The Morgan fingerprint density at radius 3 is 2.60 bits per heavy atom. The van der Waals surface area contributed by atoms with E-state index in [1.165, 1.54) is 23.2 Å². The highest BCUT2D eigenvalue weighted by molar-refractivity contribution is 7.89. The first-order valence-electron chi connectivity index (χ1n) is 11.1. The molecule has 11 nitrogen and oxygen atoms in total. The minimum absolute atomic E-state index is 0.0243. The lowest BCUT2D eigenvalue weighted by atomic mass is 10.1. The zero-order valence-corrected chi connectivity index (χ0v) is 19.3. The Hall–Kier alpha value is -3.77. The van der Waals surface area contributed by atoms with Crippen molar-refractivity contribution < 1.29 is 32.5 Å². The van der Waals surface area contributed by atoms with Crippen LogP contribution in [-0.4, -0.2) is 59.9 Å². The molecule has 0 spiro atoms. The number of aliphatic hydroxyl groups excluding tert-OH is 1. The Labute approximate surface area is 200 Å². The molecule has 2 N–H and O–H groups in total. The zero-order valence-electron chi connectivity index (χ0n) is 18.5. The summed E-state index contributed by atoms with van der Waals surface area (Å²) < 4.78 is 43.6. The van der Waals surface area contributed by atoms with Crippen LogP contribution in [0.2, 0.25) is 0 Å². The van der Waals surface area contributed by atoms with Gasteiger partial charge in [0.25, 0.3) is 15.9 Å². The number of fused-ring (bicyclic) bond motifs is 3. The molecule has 1 unspecified atom stereocenters. The first kappa shape index (κ1) is 21.7. The van der Waals surface area contributed by atoms with Crippen LogP contribution in [0.3, 0.4) is 0 Å². The Balaban J connectivity index is 1.18. The molecule has 4 heterocycles. The van der Waals surface area contributed by atoms with E-state index in [1.54, 1.807) is 24.3 Å². The second-order valence-corrected chi connectivity index (χ2v) is 10.2. The quantitative estimate of drug-likeness (QED) is 0.546. The number of nitrogens with zero attached hydrogens (tertiary/aromatic N) is 3. The van der Waals surface area contributed by atoms with E-state index < -0.39 is 22.0 Å². The van der Waals surface area contributed by atoms with Crippen molar-refractivity contribution in [3.8, 4) is 17.2 Å². The van der Waals surface area contributed by atoms with E-state index in [2.05, 4.69) is 10.4 Å². The van der Waals surface area contributed by atoms with Crippen LogP contribution in [0.1, 0.15) is 22.9 Å². The Morgan fingerprint density at radius 2 is 1.77 bits per heavy atom. The number of nitrogens with one attached hydrogen (secondary N) is 1. The maximum atomic E-state index is 13.1. The molecule has 0 aliphatic carbocycles. The maximum Gasteiger partial charge on any atom is 0.283 e. The Bertz CT molecular complexity index is 1410. The van der Waals surface area contributed by atoms with Gasteiger partial charge in [0.05, 0.1) is 22.8 Å². The van der Waals surface area contributed by atoms with Crippen molar-refractivity contribution in [2.75, 3.05) is 31.7 Å². The Kier molecular flexibility index (Phi) is 5.07. The lowest BCUT2D eigenvalue weighted by Gasteiger charge is -2.23. The van der Waals surface area contributed by atoms with E-state index in [1.807, 2.05) is 0 Å². The number of aliphatic hydroxyl groups is 1. The second-order valence-electron chi connectivity index (χ2n) is 8.41. The van der Waals surface area contributed by atoms with Gasteiger partial charge in [0.2, 0.25) is 0 Å². The number of rotatable bonds is 4. The topological polar surface area (TPSA) is 132 Å². The summed E-state index contributed by atoms with van der Waals surface area (Å²) in [5.41, 5.74) is 2.24. The summed E-state index contributed by atoms with van der Waals surface area (Å²) in [5, 5.41) is 18.1. The fraction of sp³-hybridized carbons (Fsp3) is 0.304. The van der Waals surface area contributed by atoms with Crippen molar-refractivity contribution >= 4 is 21.6 Å². The number of hydrogen-bond acceptors (Lipinski definition) is 9. The van der Waals surface area contributed by atoms with Crippen molar-refractivity contribution in [3.05, 3.63) is 59.4 Å². The van der Waals surface area contributed by atoms with Gasteiger partial charge in [0, 0.05) is 30.9 Å². The molecule has 1 amide bonds. The van der Waals surface area contributed by atoms with Crippen molar-refractivity contribution in [1.82, 2.24) is 14.1 Å². The average Bonchev–Trinajstić information content (AvgIpc) is 3.47. The predicted octanol–water partition coefficient (Wildman–Crippen LogP) is 1.27. The van der Waals surface area contributed by atoms with E-state index in [0.717, 1.165) is 9.77 Å². The lowest BCUT2D eigenvalue weighted by Crippen LogP contribution is -2.31. The molecule has 3 aliphatic heterocycles. The van der Waals surface area contributed by atoms with Crippen molar-refractivity contribution in [2.24, 2.45) is 0 Å². The van der Waals surface area contributed by atoms with Gasteiger partial charge in [-0.1, -0.05) is 6.07 Å². The number of benzene rings is 2. The van der Waals surface area contributed by atoms with Crippen LogP contribution in [0.15, 0.2) is 47.5 Å². The molecule has 35 heavy (non-hydrogen) atoms. The molecule has 3 aromatic rings. The number of hydrogen-bond donors (Lipinski definition) is 2. The molecule has 1 atom stereocenters. The first-order chi connectivity index (χ1) is 16.9. The van der Waals surface area contributed by atoms with Gasteiger partial charge >= 0.3 is 0 Å². The van der Waals surface area contributed by atoms with Gasteiger partial charge in [-0.25, -0.2) is 0 Å². The third-order valence-electron chi connectivity index (χ3n) is 6.16. The van der Waals surface area contributed by atoms with Crippen LogP contribution in [0, 0.1) is 0 Å². The second kappa shape index (κ2) is 8.17. The molecule has 0 fully saturated rings. The predicted molar refractivity (Wildman–Crippen MR) is 122 cm³/mol. The van der Waals surface area contributed by atoms with Crippen LogP contribution in [0.4, 0.5) is 5.69 Å². The SMILES string of the molecule is O=C(C(O)c1ccc2c(c1)NCCO2)N1Cc2cn(S(=O)(=O)c3ccc4c(c3)OCCO4)nc2C1. The van der Waals surface area contributed by atoms with Gasteiger partial charge in [0.15, 0.2) is 17.6 Å². The first-order valence-corrected chi connectivity index (χ1v) is 12.5. The number of anilines is 1. The molecule has 6 rings (SSSR count).